The maximum absolute atomic E-state index is 9.32. The predicted molar refractivity (Wildman–Crippen MR) is 60.7 cm³/mol. The maximum atomic E-state index is 9.32. The fraction of sp³-hybridized carbons (Fsp3) is 0.333. The first-order chi connectivity index (χ1) is 6.18. The van der Waals surface area contributed by atoms with Crippen LogP contribution in [0.3, 0.4) is 0 Å². The molecule has 0 spiro atoms. The highest BCUT2D eigenvalue weighted by atomic mass is 35.5. The number of halogens is 3. The molecular formula is C9H10Cl3NO. The highest BCUT2D eigenvalue weighted by Gasteiger charge is 2.20. The van der Waals surface area contributed by atoms with Crippen molar-refractivity contribution in [1.82, 2.24) is 5.32 Å². The van der Waals surface area contributed by atoms with Gasteiger partial charge in [-0.3, -0.25) is 0 Å². The van der Waals surface area contributed by atoms with Crippen molar-refractivity contribution in [2.75, 3.05) is 6.54 Å². The molecule has 5 heteroatoms. The molecule has 1 saturated heterocycles. The van der Waals surface area contributed by atoms with E-state index < -0.39 is 0 Å². The second-order valence-electron chi connectivity index (χ2n) is 3.13. The second-order valence-corrected chi connectivity index (χ2v) is 3.94. The Bertz CT molecular complexity index is 316. The fourth-order valence-electron chi connectivity index (χ4n) is 1.36. The van der Waals surface area contributed by atoms with Crippen molar-refractivity contribution >= 4 is 35.6 Å². The third-order valence-corrected chi connectivity index (χ3v) is 2.84. The minimum Gasteiger partial charge on any atom is -0.505 e. The molecular weight excluding hydrogens is 244 g/mol. The van der Waals surface area contributed by atoms with Gasteiger partial charge in [-0.15, -0.1) is 12.4 Å². The number of hydrogen-bond acceptors (Lipinski definition) is 2. The highest BCUT2D eigenvalue weighted by Crippen LogP contribution is 2.36. The van der Waals surface area contributed by atoms with Gasteiger partial charge in [0.15, 0.2) is 5.75 Å². The van der Waals surface area contributed by atoms with Gasteiger partial charge in [0, 0.05) is 6.04 Å². The van der Waals surface area contributed by atoms with Crippen LogP contribution in [-0.2, 0) is 0 Å². The summed E-state index contributed by atoms with van der Waals surface area (Å²) < 4.78 is 0. The van der Waals surface area contributed by atoms with E-state index >= 15 is 0 Å². The minimum atomic E-state index is -0.0357. The first kappa shape index (κ1) is 11.9. The van der Waals surface area contributed by atoms with Gasteiger partial charge in [-0.05, 0) is 30.7 Å². The summed E-state index contributed by atoms with van der Waals surface area (Å²) in [5, 5.41) is 13.2. The van der Waals surface area contributed by atoms with E-state index in [1.807, 2.05) is 0 Å². The van der Waals surface area contributed by atoms with Gasteiger partial charge in [-0.1, -0.05) is 23.2 Å². The van der Waals surface area contributed by atoms with Gasteiger partial charge >= 0.3 is 0 Å². The number of rotatable bonds is 1. The van der Waals surface area contributed by atoms with Crippen LogP contribution in [0.1, 0.15) is 18.0 Å². The molecule has 1 heterocycles. The third kappa shape index (κ3) is 2.09. The van der Waals surface area contributed by atoms with Crippen LogP contribution < -0.4 is 5.32 Å². The maximum Gasteiger partial charge on any atom is 0.152 e. The Morgan fingerprint density at radius 1 is 1.29 bits per heavy atom. The molecule has 1 fully saturated rings. The molecule has 0 saturated carbocycles. The van der Waals surface area contributed by atoms with Gasteiger partial charge in [0.05, 0.1) is 10.0 Å². The number of aromatic hydroxyl groups is 1. The number of phenolic OH excluding ortho intramolecular Hbond substituents is 1. The van der Waals surface area contributed by atoms with E-state index in [9.17, 15) is 5.11 Å². The van der Waals surface area contributed by atoms with Crippen LogP contribution in [0.25, 0.3) is 0 Å². The van der Waals surface area contributed by atoms with Crippen LogP contribution in [0.2, 0.25) is 10.0 Å². The molecule has 78 valence electrons. The van der Waals surface area contributed by atoms with Crippen LogP contribution in [-0.4, -0.2) is 11.7 Å². The van der Waals surface area contributed by atoms with Crippen molar-refractivity contribution in [2.24, 2.45) is 0 Å². The van der Waals surface area contributed by atoms with Gasteiger partial charge in [-0.2, -0.15) is 0 Å². The lowest BCUT2D eigenvalue weighted by molar-refractivity contribution is 0.382. The van der Waals surface area contributed by atoms with Gasteiger partial charge in [0.25, 0.3) is 0 Å². The van der Waals surface area contributed by atoms with E-state index in [-0.39, 0.29) is 18.2 Å². The van der Waals surface area contributed by atoms with Crippen molar-refractivity contribution < 1.29 is 5.11 Å². The summed E-state index contributed by atoms with van der Waals surface area (Å²) in [5.74, 6) is -0.0357. The summed E-state index contributed by atoms with van der Waals surface area (Å²) in [7, 11) is 0. The zero-order valence-corrected chi connectivity index (χ0v) is 9.59. The van der Waals surface area contributed by atoms with Crippen molar-refractivity contribution in [1.29, 1.82) is 0 Å². The minimum absolute atomic E-state index is 0. The van der Waals surface area contributed by atoms with Crippen molar-refractivity contribution in [3.05, 3.63) is 27.7 Å². The number of hydrogen-bond donors (Lipinski definition) is 2. The van der Waals surface area contributed by atoms with Crippen LogP contribution in [0.4, 0.5) is 0 Å². The summed E-state index contributed by atoms with van der Waals surface area (Å²) in [6.45, 7) is 1.03. The van der Waals surface area contributed by atoms with E-state index in [4.69, 9.17) is 23.2 Å². The molecule has 14 heavy (non-hydrogen) atoms. The lowest BCUT2D eigenvalue weighted by atomic mass is 9.98. The van der Waals surface area contributed by atoms with E-state index in [1.165, 1.54) is 0 Å². The Morgan fingerprint density at radius 3 is 2.14 bits per heavy atom. The first-order valence-corrected chi connectivity index (χ1v) is 4.85. The van der Waals surface area contributed by atoms with Crippen LogP contribution in [0, 0.1) is 0 Å². The summed E-state index contributed by atoms with van der Waals surface area (Å²) in [5.41, 5.74) is 1.04. The zero-order valence-electron chi connectivity index (χ0n) is 7.26. The van der Waals surface area contributed by atoms with Gasteiger partial charge < -0.3 is 10.4 Å². The first-order valence-electron chi connectivity index (χ1n) is 4.10. The smallest absolute Gasteiger partial charge is 0.152 e. The van der Waals surface area contributed by atoms with Crippen molar-refractivity contribution in [3.63, 3.8) is 0 Å². The van der Waals surface area contributed by atoms with Crippen molar-refractivity contribution in [3.8, 4) is 5.75 Å². The Hall–Kier alpha value is -0.150. The number of nitrogens with one attached hydrogen (secondary N) is 1. The molecule has 0 aromatic heterocycles. The lowest BCUT2D eigenvalue weighted by Crippen LogP contribution is -2.34. The molecule has 1 atom stereocenters. The molecule has 1 aliphatic rings. The van der Waals surface area contributed by atoms with E-state index in [0.29, 0.717) is 16.1 Å². The molecule has 2 rings (SSSR count). The van der Waals surface area contributed by atoms with Gasteiger partial charge in [0.2, 0.25) is 0 Å². The SMILES string of the molecule is Cl.Oc1c(Cl)cc([C@H]2CCN2)cc1Cl. The van der Waals surface area contributed by atoms with Crippen LogP contribution >= 0.6 is 35.6 Å². The molecule has 0 amide bonds. The zero-order chi connectivity index (χ0) is 9.42. The molecule has 0 unspecified atom stereocenters. The predicted octanol–water partition coefficient (Wildman–Crippen LogP) is 3.16. The second kappa shape index (κ2) is 4.58. The standard InChI is InChI=1S/C9H9Cl2NO.ClH/c10-6-3-5(8-1-2-12-8)4-7(11)9(6)13;/h3-4,8,12-13H,1-2H2;1H/t8-;/m1./s1. The van der Waals surface area contributed by atoms with Gasteiger partial charge in [-0.25, -0.2) is 0 Å². The number of phenols is 1. The molecule has 1 aromatic rings. The average Bonchev–Trinajstić information content (AvgIpc) is 1.96. The van der Waals surface area contributed by atoms with Crippen molar-refractivity contribution in [2.45, 2.75) is 12.5 Å². The average molecular weight is 255 g/mol. The molecule has 0 bridgehead atoms. The Labute approximate surface area is 98.6 Å². The third-order valence-electron chi connectivity index (χ3n) is 2.27. The molecule has 1 aliphatic heterocycles. The highest BCUT2D eigenvalue weighted by molar-refractivity contribution is 6.37. The molecule has 1 aromatic carbocycles. The summed E-state index contributed by atoms with van der Waals surface area (Å²) in [4.78, 5) is 0. The molecule has 0 aliphatic carbocycles. The Morgan fingerprint density at radius 2 is 1.79 bits per heavy atom. The Kier molecular flexibility index (Phi) is 3.90. The molecule has 2 N–H and O–H groups in total. The van der Waals surface area contributed by atoms with E-state index in [1.54, 1.807) is 12.1 Å². The fourth-order valence-corrected chi connectivity index (χ4v) is 1.86. The van der Waals surface area contributed by atoms with E-state index in [0.717, 1.165) is 18.5 Å². The number of benzene rings is 1. The topological polar surface area (TPSA) is 32.3 Å². The molecule has 2 nitrogen and oxygen atoms in total. The Balaban J connectivity index is 0.000000980. The summed E-state index contributed by atoms with van der Waals surface area (Å²) >= 11 is 11.6. The van der Waals surface area contributed by atoms with Crippen LogP contribution in [0.15, 0.2) is 12.1 Å². The van der Waals surface area contributed by atoms with E-state index in [2.05, 4.69) is 5.32 Å². The monoisotopic (exact) mass is 253 g/mol. The largest absolute Gasteiger partial charge is 0.505 e. The molecule has 0 radical (unpaired) electrons. The summed E-state index contributed by atoms with van der Waals surface area (Å²) in [6, 6.07) is 3.84. The normalized spacial score (nSPS) is 19.7. The summed E-state index contributed by atoms with van der Waals surface area (Å²) in [6.07, 6.45) is 1.09. The quantitative estimate of drug-likeness (QED) is 0.807. The van der Waals surface area contributed by atoms with Gasteiger partial charge in [0.1, 0.15) is 0 Å². The van der Waals surface area contributed by atoms with Crippen LogP contribution in [0.5, 0.6) is 5.75 Å². The lowest BCUT2D eigenvalue weighted by Gasteiger charge is -2.28.